The molecule has 2 aromatic carbocycles. The summed E-state index contributed by atoms with van der Waals surface area (Å²) in [5.41, 5.74) is 1.15. The molecule has 1 atom stereocenters. The van der Waals surface area contributed by atoms with Crippen molar-refractivity contribution < 1.29 is 18.7 Å². The van der Waals surface area contributed by atoms with E-state index in [-0.39, 0.29) is 36.2 Å². The van der Waals surface area contributed by atoms with Crippen LogP contribution in [0.25, 0.3) is 0 Å². The molecule has 2 aromatic rings. The molecule has 0 aliphatic rings. The van der Waals surface area contributed by atoms with Crippen molar-refractivity contribution in [3.05, 3.63) is 65.5 Å². The standard InChI is InChI=1S/C26H35FN2O3/c1-18(24(31)28-26(5,6)7)29(16-19-12-14-20(27)15-13-19)23(30)17-32-22-11-9-8-10-21(22)25(2,3)4/h8-15,18H,16-17H2,1-7H3,(H,28,31)/t18-/m0/s1. The van der Waals surface area contributed by atoms with Crippen molar-refractivity contribution in [2.45, 2.75) is 72.0 Å². The lowest BCUT2D eigenvalue weighted by atomic mass is 9.86. The van der Waals surface area contributed by atoms with Crippen LogP contribution in [0.15, 0.2) is 48.5 Å². The Kier molecular flexibility index (Phi) is 8.05. The minimum Gasteiger partial charge on any atom is -0.483 e. The number of carbonyl (C=O) groups excluding carboxylic acids is 2. The van der Waals surface area contributed by atoms with Crippen LogP contribution in [0.4, 0.5) is 4.39 Å². The van der Waals surface area contributed by atoms with E-state index in [0.29, 0.717) is 5.75 Å². The molecule has 5 nitrogen and oxygen atoms in total. The number of hydrogen-bond donors (Lipinski definition) is 1. The van der Waals surface area contributed by atoms with Crippen molar-refractivity contribution in [1.29, 1.82) is 0 Å². The van der Waals surface area contributed by atoms with E-state index >= 15 is 0 Å². The monoisotopic (exact) mass is 442 g/mol. The maximum atomic E-state index is 13.3. The molecule has 0 unspecified atom stereocenters. The third kappa shape index (κ3) is 7.36. The smallest absolute Gasteiger partial charge is 0.261 e. The molecule has 0 radical (unpaired) electrons. The normalized spacial score (nSPS) is 12.8. The van der Waals surface area contributed by atoms with Crippen LogP contribution in [0.5, 0.6) is 5.75 Å². The Morgan fingerprint density at radius 2 is 1.59 bits per heavy atom. The number of nitrogens with zero attached hydrogens (tertiary/aromatic N) is 1. The van der Waals surface area contributed by atoms with Crippen LogP contribution in [0.2, 0.25) is 0 Å². The predicted molar refractivity (Wildman–Crippen MR) is 125 cm³/mol. The van der Waals surface area contributed by atoms with E-state index in [0.717, 1.165) is 11.1 Å². The van der Waals surface area contributed by atoms with E-state index in [1.807, 2.05) is 45.0 Å². The molecular weight excluding hydrogens is 407 g/mol. The summed E-state index contributed by atoms with van der Waals surface area (Å²) in [6, 6.07) is 12.8. The Hall–Kier alpha value is -2.89. The highest BCUT2D eigenvalue weighted by Crippen LogP contribution is 2.31. The van der Waals surface area contributed by atoms with Gasteiger partial charge in [-0.2, -0.15) is 0 Å². The molecule has 0 spiro atoms. The second kappa shape index (κ2) is 10.2. The molecule has 6 heteroatoms. The highest BCUT2D eigenvalue weighted by molar-refractivity contribution is 5.88. The molecule has 0 saturated carbocycles. The van der Waals surface area contributed by atoms with Gasteiger partial charge in [-0.15, -0.1) is 0 Å². The molecule has 0 bridgehead atoms. The van der Waals surface area contributed by atoms with Gasteiger partial charge in [0, 0.05) is 12.1 Å². The zero-order chi connectivity index (χ0) is 24.1. The summed E-state index contributed by atoms with van der Waals surface area (Å²) in [6.07, 6.45) is 0. The topological polar surface area (TPSA) is 58.6 Å². The second-order valence-corrected chi connectivity index (χ2v) is 10.1. The average molecular weight is 443 g/mol. The lowest BCUT2D eigenvalue weighted by Crippen LogP contribution is -2.53. The Labute approximate surface area is 191 Å². The summed E-state index contributed by atoms with van der Waals surface area (Å²) >= 11 is 0. The Balaban J connectivity index is 2.23. The second-order valence-electron chi connectivity index (χ2n) is 10.1. The Morgan fingerprint density at radius 3 is 2.16 bits per heavy atom. The van der Waals surface area contributed by atoms with Crippen molar-refractivity contribution >= 4 is 11.8 Å². The van der Waals surface area contributed by atoms with Crippen molar-refractivity contribution in [3.8, 4) is 5.75 Å². The van der Waals surface area contributed by atoms with Crippen molar-refractivity contribution in [1.82, 2.24) is 10.2 Å². The lowest BCUT2D eigenvalue weighted by Gasteiger charge is -2.31. The number of hydrogen-bond acceptors (Lipinski definition) is 3. The number of nitrogens with one attached hydrogen (secondary N) is 1. The molecule has 0 saturated heterocycles. The van der Waals surface area contributed by atoms with Gasteiger partial charge in [0.25, 0.3) is 5.91 Å². The molecule has 174 valence electrons. The first kappa shape index (κ1) is 25.4. The van der Waals surface area contributed by atoms with E-state index in [1.54, 1.807) is 19.1 Å². The number of benzene rings is 2. The molecule has 2 rings (SSSR count). The molecule has 32 heavy (non-hydrogen) atoms. The molecule has 0 aliphatic carbocycles. The minimum atomic E-state index is -0.728. The maximum Gasteiger partial charge on any atom is 0.261 e. The van der Waals surface area contributed by atoms with Crippen LogP contribution < -0.4 is 10.1 Å². The van der Waals surface area contributed by atoms with Gasteiger partial charge in [-0.1, -0.05) is 51.1 Å². The van der Waals surface area contributed by atoms with Crippen molar-refractivity contribution in [3.63, 3.8) is 0 Å². The third-order valence-electron chi connectivity index (χ3n) is 4.98. The summed E-state index contributed by atoms with van der Waals surface area (Å²) in [4.78, 5) is 27.5. The number of ether oxygens (including phenoxy) is 1. The number of para-hydroxylation sites is 1. The summed E-state index contributed by atoms with van der Waals surface area (Å²) in [6.45, 7) is 13.5. The van der Waals surface area contributed by atoms with E-state index in [4.69, 9.17) is 4.74 Å². The molecular formula is C26H35FN2O3. The van der Waals surface area contributed by atoms with Crippen LogP contribution in [0.3, 0.4) is 0 Å². The number of rotatable bonds is 7. The predicted octanol–water partition coefficient (Wildman–Crippen LogP) is 4.83. The molecule has 0 fully saturated rings. The fraction of sp³-hybridized carbons (Fsp3) is 0.462. The fourth-order valence-electron chi connectivity index (χ4n) is 3.28. The molecule has 0 heterocycles. The summed E-state index contributed by atoms with van der Waals surface area (Å²) in [5, 5.41) is 2.92. The first-order valence-electron chi connectivity index (χ1n) is 10.9. The summed E-state index contributed by atoms with van der Waals surface area (Å²) in [5.74, 6) is -0.299. The first-order valence-corrected chi connectivity index (χ1v) is 10.9. The van der Waals surface area contributed by atoms with E-state index in [9.17, 15) is 14.0 Å². The Morgan fingerprint density at radius 1 is 1.00 bits per heavy atom. The Bertz CT molecular complexity index is 927. The first-order chi connectivity index (χ1) is 14.8. The molecule has 0 aliphatic heterocycles. The zero-order valence-corrected chi connectivity index (χ0v) is 20.2. The van der Waals surface area contributed by atoms with Gasteiger partial charge in [-0.25, -0.2) is 4.39 Å². The number of carbonyl (C=O) groups is 2. The van der Waals surface area contributed by atoms with Crippen molar-refractivity contribution in [2.75, 3.05) is 6.61 Å². The SMILES string of the molecule is C[C@@H](C(=O)NC(C)(C)C)N(Cc1ccc(F)cc1)C(=O)COc1ccccc1C(C)(C)C. The lowest BCUT2D eigenvalue weighted by molar-refractivity contribution is -0.142. The molecule has 0 aromatic heterocycles. The summed E-state index contributed by atoms with van der Waals surface area (Å²) < 4.78 is 19.2. The van der Waals surface area contributed by atoms with Crippen LogP contribution in [0.1, 0.15) is 59.6 Å². The maximum absolute atomic E-state index is 13.3. The van der Waals surface area contributed by atoms with Gasteiger partial charge in [0.05, 0.1) is 0 Å². The summed E-state index contributed by atoms with van der Waals surface area (Å²) in [7, 11) is 0. The van der Waals surface area contributed by atoms with Crippen LogP contribution >= 0.6 is 0 Å². The quantitative estimate of drug-likeness (QED) is 0.668. The molecule has 1 N–H and O–H groups in total. The number of amides is 2. The fourth-order valence-corrected chi connectivity index (χ4v) is 3.28. The van der Waals surface area contributed by atoms with Crippen LogP contribution in [-0.2, 0) is 21.5 Å². The van der Waals surface area contributed by atoms with Gasteiger partial charge in [0.1, 0.15) is 17.6 Å². The zero-order valence-electron chi connectivity index (χ0n) is 20.2. The highest BCUT2D eigenvalue weighted by Gasteiger charge is 2.29. The van der Waals surface area contributed by atoms with Crippen LogP contribution in [-0.4, -0.2) is 34.9 Å². The minimum absolute atomic E-state index is 0.146. The van der Waals surface area contributed by atoms with Gasteiger partial charge in [0.2, 0.25) is 5.91 Å². The van der Waals surface area contributed by atoms with Gasteiger partial charge < -0.3 is 15.0 Å². The third-order valence-corrected chi connectivity index (χ3v) is 4.98. The van der Waals surface area contributed by atoms with E-state index in [2.05, 4.69) is 26.1 Å². The van der Waals surface area contributed by atoms with Gasteiger partial charge >= 0.3 is 0 Å². The van der Waals surface area contributed by atoms with Gasteiger partial charge in [0.15, 0.2) is 6.61 Å². The molecule has 2 amide bonds. The number of halogens is 1. The van der Waals surface area contributed by atoms with Gasteiger partial charge in [-0.05, 0) is 62.4 Å². The average Bonchev–Trinajstić information content (AvgIpc) is 2.69. The van der Waals surface area contributed by atoms with E-state index in [1.165, 1.54) is 17.0 Å². The van der Waals surface area contributed by atoms with Gasteiger partial charge in [-0.3, -0.25) is 9.59 Å². The van der Waals surface area contributed by atoms with E-state index < -0.39 is 11.6 Å². The largest absolute Gasteiger partial charge is 0.483 e. The van der Waals surface area contributed by atoms with Crippen molar-refractivity contribution in [2.24, 2.45) is 0 Å². The highest BCUT2D eigenvalue weighted by atomic mass is 19.1. The van der Waals surface area contributed by atoms with Crippen LogP contribution in [0, 0.1) is 5.82 Å².